The molecule has 0 N–H and O–H groups in total. The van der Waals surface area contributed by atoms with Gasteiger partial charge in [-0.25, -0.2) is 27.2 Å². The largest absolute Gasteiger partial charge is 0.494 e. The van der Waals surface area contributed by atoms with Crippen molar-refractivity contribution in [1.82, 2.24) is 18.7 Å². The van der Waals surface area contributed by atoms with Gasteiger partial charge in [0, 0.05) is 41.6 Å². The summed E-state index contributed by atoms with van der Waals surface area (Å²) in [5, 5.41) is 11.2. The van der Waals surface area contributed by atoms with Crippen LogP contribution in [0.3, 0.4) is 0 Å². The average Bonchev–Trinajstić information content (AvgIpc) is 3.32. The highest BCUT2D eigenvalue weighted by Gasteiger charge is 2.25. The Morgan fingerprint density at radius 3 is 2.17 bits per heavy atom. The van der Waals surface area contributed by atoms with Gasteiger partial charge in [-0.15, -0.1) is 0 Å². The van der Waals surface area contributed by atoms with Crippen LogP contribution in [0.2, 0.25) is 0 Å². The molecule has 0 unspecified atom stereocenters. The summed E-state index contributed by atoms with van der Waals surface area (Å²) in [6.45, 7) is -0.486. The number of halogens is 3. The second kappa shape index (κ2) is 11.0. The van der Waals surface area contributed by atoms with Crippen LogP contribution >= 0.6 is 0 Å². The molecular weight excluding hydrogens is 555 g/mol. The number of nitrogens with zero attached hydrogens (tertiary/aromatic N) is 5. The summed E-state index contributed by atoms with van der Waals surface area (Å²) < 4.78 is 52.8. The van der Waals surface area contributed by atoms with Crippen LogP contribution in [0.4, 0.5) is 18.9 Å². The molecule has 0 spiro atoms. The maximum atomic E-state index is 15.5. The van der Waals surface area contributed by atoms with Gasteiger partial charge in [0.1, 0.15) is 17.2 Å². The lowest BCUT2D eigenvalue weighted by Crippen LogP contribution is -2.43. The SMILES string of the molecule is COc1cccc(-n2c(=O)c3c(CN(C)C)c(-c4ccc([N+](=O)[O-])cc4)cn3n(Cc3c(F)cccc3F)c2=O)c1F. The first-order chi connectivity index (χ1) is 20.0. The van der Waals surface area contributed by atoms with E-state index in [-0.39, 0.29) is 23.5 Å². The van der Waals surface area contributed by atoms with Crippen LogP contribution in [0, 0.1) is 27.6 Å². The van der Waals surface area contributed by atoms with Gasteiger partial charge in [-0.1, -0.05) is 12.1 Å². The van der Waals surface area contributed by atoms with Crippen LogP contribution in [0.5, 0.6) is 5.75 Å². The Bertz CT molecular complexity index is 1940. The van der Waals surface area contributed by atoms with E-state index in [9.17, 15) is 28.5 Å². The molecule has 0 atom stereocenters. The molecule has 0 bridgehead atoms. The first-order valence-corrected chi connectivity index (χ1v) is 12.6. The van der Waals surface area contributed by atoms with Crippen molar-refractivity contribution in [3.05, 3.63) is 126 Å². The smallest absolute Gasteiger partial charge is 0.351 e. The molecule has 2 aromatic heterocycles. The summed E-state index contributed by atoms with van der Waals surface area (Å²) in [7, 11) is 4.72. The van der Waals surface area contributed by atoms with Gasteiger partial charge < -0.3 is 9.64 Å². The number of fused-ring (bicyclic) bond motifs is 1. The highest BCUT2D eigenvalue weighted by atomic mass is 19.1. The summed E-state index contributed by atoms with van der Waals surface area (Å²) in [6.07, 6.45) is 1.45. The average molecular weight is 580 g/mol. The lowest BCUT2D eigenvalue weighted by molar-refractivity contribution is -0.384. The van der Waals surface area contributed by atoms with Crippen LogP contribution in [-0.4, -0.2) is 44.8 Å². The molecule has 0 aliphatic carbocycles. The van der Waals surface area contributed by atoms with E-state index in [1.807, 2.05) is 0 Å². The second-order valence-corrected chi connectivity index (χ2v) is 9.73. The van der Waals surface area contributed by atoms with Crippen molar-refractivity contribution in [3.63, 3.8) is 0 Å². The Morgan fingerprint density at radius 2 is 1.57 bits per heavy atom. The highest BCUT2D eigenvalue weighted by Crippen LogP contribution is 2.30. The number of hydrogen-bond donors (Lipinski definition) is 0. The predicted octanol–water partition coefficient (Wildman–Crippen LogP) is 4.36. The molecule has 2 heterocycles. The highest BCUT2D eigenvalue weighted by molar-refractivity contribution is 5.76. The molecule has 216 valence electrons. The van der Waals surface area contributed by atoms with E-state index in [1.54, 1.807) is 19.0 Å². The van der Waals surface area contributed by atoms with E-state index in [2.05, 4.69) is 0 Å². The van der Waals surface area contributed by atoms with E-state index < -0.39 is 51.4 Å². The maximum absolute atomic E-state index is 15.5. The van der Waals surface area contributed by atoms with E-state index >= 15 is 4.39 Å². The van der Waals surface area contributed by atoms with Gasteiger partial charge in [0.2, 0.25) is 0 Å². The molecule has 3 aromatic carbocycles. The van der Waals surface area contributed by atoms with Crippen molar-refractivity contribution >= 4 is 11.2 Å². The van der Waals surface area contributed by atoms with Gasteiger partial charge in [0.25, 0.3) is 11.2 Å². The van der Waals surface area contributed by atoms with Gasteiger partial charge >= 0.3 is 5.69 Å². The van der Waals surface area contributed by atoms with E-state index in [1.165, 1.54) is 66.4 Å². The van der Waals surface area contributed by atoms with Gasteiger partial charge in [0.15, 0.2) is 11.6 Å². The summed E-state index contributed by atoms with van der Waals surface area (Å²) in [6, 6.07) is 12.8. The van der Waals surface area contributed by atoms with Gasteiger partial charge in [-0.2, -0.15) is 0 Å². The van der Waals surface area contributed by atoms with E-state index in [0.717, 1.165) is 16.8 Å². The maximum Gasteiger partial charge on any atom is 0.351 e. The topological polar surface area (TPSA) is 104 Å². The van der Waals surface area contributed by atoms with Crippen molar-refractivity contribution in [1.29, 1.82) is 0 Å². The number of methoxy groups -OCH3 is 1. The summed E-state index contributed by atoms with van der Waals surface area (Å²) in [4.78, 5) is 40.5. The fourth-order valence-electron chi connectivity index (χ4n) is 4.86. The lowest BCUT2D eigenvalue weighted by atomic mass is 10.0. The molecule has 0 aliphatic rings. The number of ether oxygens (including phenoxy) is 1. The Balaban J connectivity index is 1.92. The van der Waals surface area contributed by atoms with E-state index in [0.29, 0.717) is 21.3 Å². The first-order valence-electron chi connectivity index (χ1n) is 12.6. The van der Waals surface area contributed by atoms with Crippen LogP contribution < -0.4 is 16.0 Å². The van der Waals surface area contributed by atoms with Crippen molar-refractivity contribution in [2.75, 3.05) is 21.2 Å². The zero-order valence-corrected chi connectivity index (χ0v) is 22.7. The molecule has 13 heteroatoms. The van der Waals surface area contributed by atoms with Gasteiger partial charge in [-0.05, 0) is 56.1 Å². The lowest BCUT2D eigenvalue weighted by Gasteiger charge is -2.17. The molecule has 0 saturated heterocycles. The predicted molar refractivity (Wildman–Crippen MR) is 149 cm³/mol. The molecule has 0 radical (unpaired) electrons. The van der Waals surface area contributed by atoms with Crippen molar-refractivity contribution in [2.24, 2.45) is 0 Å². The number of rotatable bonds is 8. The minimum absolute atomic E-state index is 0.0596. The molecular formula is C29H24F3N5O5. The summed E-state index contributed by atoms with van der Waals surface area (Å²) in [5.74, 6) is -3.04. The fraction of sp³-hybridized carbons (Fsp3) is 0.172. The summed E-state index contributed by atoms with van der Waals surface area (Å²) >= 11 is 0. The molecule has 0 saturated carbocycles. The van der Waals surface area contributed by atoms with Crippen molar-refractivity contribution < 1.29 is 22.8 Å². The Hall–Kier alpha value is -5.17. The van der Waals surface area contributed by atoms with Gasteiger partial charge in [-0.3, -0.25) is 19.4 Å². The normalized spacial score (nSPS) is 11.4. The Morgan fingerprint density at radius 1 is 0.929 bits per heavy atom. The number of nitro benzene ring substituents is 1. The minimum Gasteiger partial charge on any atom is -0.494 e. The monoisotopic (exact) mass is 579 g/mol. The third kappa shape index (κ3) is 4.83. The van der Waals surface area contributed by atoms with E-state index in [4.69, 9.17) is 4.74 Å². The number of aromatic nitrogens is 3. The Kier molecular flexibility index (Phi) is 7.44. The number of benzene rings is 3. The van der Waals surface area contributed by atoms with Crippen LogP contribution in [0.25, 0.3) is 22.3 Å². The second-order valence-electron chi connectivity index (χ2n) is 9.73. The first kappa shape index (κ1) is 28.4. The third-order valence-electron chi connectivity index (χ3n) is 6.81. The zero-order chi connectivity index (χ0) is 30.3. The van der Waals surface area contributed by atoms with Crippen LogP contribution in [0.15, 0.2) is 76.4 Å². The quantitative estimate of drug-likeness (QED) is 0.200. The van der Waals surface area contributed by atoms with Crippen molar-refractivity contribution in [3.8, 4) is 22.6 Å². The summed E-state index contributed by atoms with van der Waals surface area (Å²) in [5.41, 5.74) is -1.71. The molecule has 10 nitrogen and oxygen atoms in total. The number of non-ortho nitro benzene ring substituents is 1. The van der Waals surface area contributed by atoms with Crippen LogP contribution in [-0.2, 0) is 13.1 Å². The number of hydrogen-bond acceptors (Lipinski definition) is 6. The molecule has 0 aliphatic heterocycles. The molecule has 0 fully saturated rings. The molecule has 5 rings (SSSR count). The molecule has 42 heavy (non-hydrogen) atoms. The molecule has 5 aromatic rings. The Labute approximate surface area is 236 Å². The zero-order valence-electron chi connectivity index (χ0n) is 22.7. The minimum atomic E-state index is -1.07. The third-order valence-corrected chi connectivity index (χ3v) is 6.81. The standard InChI is InChI=1S/C29H24F3N5O5/c1-33(2)14-20-19(17-10-12-18(13-11-17)37(40)41)15-34-27(20)28(38)36(24-8-5-9-25(42-3)26(24)32)29(39)35(34)16-21-22(30)6-4-7-23(21)31/h4-13,15H,14,16H2,1-3H3. The van der Waals surface area contributed by atoms with Crippen LogP contribution in [0.1, 0.15) is 11.1 Å². The number of nitro groups is 1. The fourth-order valence-corrected chi connectivity index (χ4v) is 4.86. The molecule has 0 amide bonds. The van der Waals surface area contributed by atoms with Crippen molar-refractivity contribution in [2.45, 2.75) is 13.1 Å². The van der Waals surface area contributed by atoms with Gasteiger partial charge in [0.05, 0.1) is 24.3 Å².